The molecule has 112 valence electrons. The van der Waals surface area contributed by atoms with Crippen LogP contribution in [0.15, 0.2) is 24.4 Å². The molecular formula is C19H26N2. The fourth-order valence-corrected chi connectivity index (χ4v) is 2.88. The molecule has 1 aromatic carbocycles. The van der Waals surface area contributed by atoms with Gasteiger partial charge in [-0.3, -0.25) is 4.98 Å². The number of hydrogen-bond acceptors (Lipinski definition) is 2. The molecule has 0 saturated heterocycles. The molecule has 0 saturated carbocycles. The number of pyridine rings is 1. The number of nitrogens with one attached hydrogen (secondary N) is 1. The molecule has 0 aliphatic rings. The lowest BCUT2D eigenvalue weighted by Crippen LogP contribution is -2.25. The van der Waals surface area contributed by atoms with Gasteiger partial charge in [-0.15, -0.1) is 0 Å². The molecule has 0 aliphatic carbocycles. The Morgan fingerprint density at radius 3 is 2.19 bits per heavy atom. The van der Waals surface area contributed by atoms with Crippen LogP contribution in [0.4, 0.5) is 0 Å². The Morgan fingerprint density at radius 2 is 1.57 bits per heavy atom. The highest BCUT2D eigenvalue weighted by Crippen LogP contribution is 2.28. The van der Waals surface area contributed by atoms with Crippen molar-refractivity contribution in [2.24, 2.45) is 0 Å². The third-order valence-electron chi connectivity index (χ3n) is 4.13. The zero-order valence-corrected chi connectivity index (χ0v) is 14.0. The molecule has 0 bridgehead atoms. The van der Waals surface area contributed by atoms with Crippen molar-refractivity contribution < 1.29 is 0 Å². The van der Waals surface area contributed by atoms with Crippen molar-refractivity contribution >= 4 is 0 Å². The average Bonchev–Trinajstić information content (AvgIpc) is 2.41. The van der Waals surface area contributed by atoms with Crippen LogP contribution >= 0.6 is 0 Å². The van der Waals surface area contributed by atoms with Crippen LogP contribution in [0.25, 0.3) is 0 Å². The summed E-state index contributed by atoms with van der Waals surface area (Å²) in [4.78, 5) is 4.70. The second-order valence-electron chi connectivity index (χ2n) is 6.00. The highest BCUT2D eigenvalue weighted by atomic mass is 14.9. The number of nitrogens with zero attached hydrogens (tertiary/aromatic N) is 1. The van der Waals surface area contributed by atoms with Crippen molar-refractivity contribution in [1.82, 2.24) is 10.3 Å². The fraction of sp³-hybridized carbons (Fsp3) is 0.421. The van der Waals surface area contributed by atoms with Gasteiger partial charge in [0.15, 0.2) is 0 Å². The lowest BCUT2D eigenvalue weighted by Gasteiger charge is -2.23. The minimum atomic E-state index is 0.162. The van der Waals surface area contributed by atoms with Crippen LogP contribution in [0, 0.1) is 34.6 Å². The molecule has 2 heteroatoms. The van der Waals surface area contributed by atoms with E-state index in [4.69, 9.17) is 4.98 Å². The van der Waals surface area contributed by atoms with Gasteiger partial charge in [-0.1, -0.05) is 25.1 Å². The quantitative estimate of drug-likeness (QED) is 0.903. The summed E-state index contributed by atoms with van der Waals surface area (Å²) in [6.45, 7) is 13.8. The van der Waals surface area contributed by atoms with E-state index < -0.39 is 0 Å². The molecule has 1 N–H and O–H groups in total. The van der Waals surface area contributed by atoms with Crippen LogP contribution in [0.3, 0.4) is 0 Å². The number of benzene rings is 1. The third-order valence-corrected chi connectivity index (χ3v) is 4.13. The van der Waals surface area contributed by atoms with Gasteiger partial charge in [0, 0.05) is 6.20 Å². The lowest BCUT2D eigenvalue weighted by molar-refractivity contribution is 0.608. The topological polar surface area (TPSA) is 24.9 Å². The van der Waals surface area contributed by atoms with Crippen molar-refractivity contribution in [3.63, 3.8) is 0 Å². The lowest BCUT2D eigenvalue weighted by atomic mass is 9.92. The molecular weight excluding hydrogens is 256 g/mol. The molecule has 1 unspecified atom stereocenters. The van der Waals surface area contributed by atoms with Gasteiger partial charge in [0.05, 0.1) is 11.7 Å². The van der Waals surface area contributed by atoms with Gasteiger partial charge in [-0.05, 0) is 74.5 Å². The Morgan fingerprint density at radius 1 is 0.905 bits per heavy atom. The minimum Gasteiger partial charge on any atom is -0.305 e. The Kier molecular flexibility index (Phi) is 4.79. The molecule has 0 amide bonds. The van der Waals surface area contributed by atoms with Crippen molar-refractivity contribution in [1.29, 1.82) is 0 Å². The molecule has 2 aromatic rings. The molecule has 2 rings (SSSR count). The largest absolute Gasteiger partial charge is 0.305 e. The average molecular weight is 282 g/mol. The van der Waals surface area contributed by atoms with E-state index in [2.05, 4.69) is 65.1 Å². The summed E-state index contributed by atoms with van der Waals surface area (Å²) in [6, 6.07) is 6.95. The molecule has 2 nitrogen and oxygen atoms in total. The third kappa shape index (κ3) is 3.33. The van der Waals surface area contributed by atoms with Crippen LogP contribution in [0.2, 0.25) is 0 Å². The van der Waals surface area contributed by atoms with Crippen LogP contribution in [0.5, 0.6) is 0 Å². The van der Waals surface area contributed by atoms with Crippen LogP contribution < -0.4 is 5.32 Å². The molecule has 0 fully saturated rings. The van der Waals surface area contributed by atoms with E-state index in [1.54, 1.807) is 0 Å². The first-order valence-corrected chi connectivity index (χ1v) is 7.68. The van der Waals surface area contributed by atoms with E-state index in [-0.39, 0.29) is 6.04 Å². The summed E-state index contributed by atoms with van der Waals surface area (Å²) in [5.74, 6) is 0. The SMILES string of the molecule is CCNC(c1cc(C)c(C)cc1C)c1ncc(C)cc1C. The maximum Gasteiger partial charge on any atom is 0.0756 e. The molecule has 1 heterocycles. The van der Waals surface area contributed by atoms with Gasteiger partial charge in [-0.25, -0.2) is 0 Å². The first-order chi connectivity index (χ1) is 9.93. The van der Waals surface area contributed by atoms with Crippen LogP contribution in [-0.2, 0) is 0 Å². The first-order valence-electron chi connectivity index (χ1n) is 7.68. The van der Waals surface area contributed by atoms with Gasteiger partial charge in [-0.2, -0.15) is 0 Å². The number of aromatic nitrogens is 1. The maximum absolute atomic E-state index is 4.70. The summed E-state index contributed by atoms with van der Waals surface area (Å²) in [7, 11) is 0. The van der Waals surface area contributed by atoms with E-state index in [0.717, 1.165) is 12.2 Å². The second kappa shape index (κ2) is 6.40. The monoisotopic (exact) mass is 282 g/mol. The van der Waals surface area contributed by atoms with E-state index in [9.17, 15) is 0 Å². The van der Waals surface area contributed by atoms with E-state index in [0.29, 0.717) is 0 Å². The van der Waals surface area contributed by atoms with E-state index in [1.165, 1.54) is 33.4 Å². The molecule has 0 radical (unpaired) electrons. The summed E-state index contributed by atoms with van der Waals surface area (Å²) in [5, 5.41) is 3.60. The predicted molar refractivity (Wildman–Crippen MR) is 89.9 cm³/mol. The van der Waals surface area contributed by atoms with Crippen LogP contribution in [0.1, 0.15) is 52.0 Å². The first kappa shape index (κ1) is 15.7. The Bertz CT molecular complexity index is 644. The summed E-state index contributed by atoms with van der Waals surface area (Å²) in [5.41, 5.74) is 8.93. The number of aryl methyl sites for hydroxylation is 5. The highest BCUT2D eigenvalue weighted by Gasteiger charge is 2.19. The maximum atomic E-state index is 4.70. The summed E-state index contributed by atoms with van der Waals surface area (Å²) >= 11 is 0. The van der Waals surface area contributed by atoms with Crippen LogP contribution in [-0.4, -0.2) is 11.5 Å². The molecule has 1 aromatic heterocycles. The zero-order chi connectivity index (χ0) is 15.6. The Labute approximate surface area is 128 Å². The zero-order valence-electron chi connectivity index (χ0n) is 14.0. The van der Waals surface area contributed by atoms with Gasteiger partial charge < -0.3 is 5.32 Å². The molecule has 21 heavy (non-hydrogen) atoms. The number of hydrogen-bond donors (Lipinski definition) is 1. The van der Waals surface area contributed by atoms with E-state index in [1.807, 2.05) is 6.20 Å². The summed E-state index contributed by atoms with van der Waals surface area (Å²) in [6.07, 6.45) is 1.96. The minimum absolute atomic E-state index is 0.162. The summed E-state index contributed by atoms with van der Waals surface area (Å²) < 4.78 is 0. The van der Waals surface area contributed by atoms with Gasteiger partial charge in [0.25, 0.3) is 0 Å². The molecule has 0 spiro atoms. The second-order valence-corrected chi connectivity index (χ2v) is 6.00. The van der Waals surface area contributed by atoms with Gasteiger partial charge in [0.2, 0.25) is 0 Å². The Balaban J connectivity index is 2.55. The number of rotatable bonds is 4. The van der Waals surface area contributed by atoms with Crippen molar-refractivity contribution in [3.05, 3.63) is 63.5 Å². The van der Waals surface area contributed by atoms with Gasteiger partial charge >= 0.3 is 0 Å². The Hall–Kier alpha value is -1.67. The fourth-order valence-electron chi connectivity index (χ4n) is 2.88. The van der Waals surface area contributed by atoms with Crippen molar-refractivity contribution in [3.8, 4) is 0 Å². The standard InChI is InChI=1S/C19H26N2/c1-7-20-19(18-16(6)8-12(2)11-21-18)17-10-14(4)13(3)9-15(17)5/h8-11,19-20H,7H2,1-6H3. The van der Waals surface area contributed by atoms with Gasteiger partial charge in [0.1, 0.15) is 0 Å². The predicted octanol–water partition coefficient (Wildman–Crippen LogP) is 4.32. The smallest absolute Gasteiger partial charge is 0.0756 e. The normalized spacial score (nSPS) is 12.5. The van der Waals surface area contributed by atoms with E-state index >= 15 is 0 Å². The molecule has 0 aliphatic heterocycles. The van der Waals surface area contributed by atoms with Crippen molar-refractivity contribution in [2.75, 3.05) is 6.54 Å². The molecule has 1 atom stereocenters. The highest BCUT2D eigenvalue weighted by molar-refractivity contribution is 5.42. The van der Waals surface area contributed by atoms with Crippen molar-refractivity contribution in [2.45, 2.75) is 47.6 Å².